The maximum Gasteiger partial charge on any atom is 0.137 e. The molecule has 0 saturated carbocycles. The van der Waals surface area contributed by atoms with Crippen LogP contribution < -0.4 is 19.7 Å². The van der Waals surface area contributed by atoms with Crippen LogP contribution in [0.2, 0.25) is 0 Å². The van der Waals surface area contributed by atoms with Crippen LogP contribution in [0.1, 0.15) is 180 Å². The highest BCUT2D eigenvalue weighted by Gasteiger charge is 2.46. The lowest BCUT2D eigenvalue weighted by atomic mass is 9.71. The largest absolute Gasteiger partial charge is 0.496 e. The average Bonchev–Trinajstić information content (AvgIpc) is 1.58. The molecule has 7 heteroatoms. The number of aromatic nitrogens is 3. The van der Waals surface area contributed by atoms with Gasteiger partial charge in [0.2, 0.25) is 0 Å². The molecule has 0 unspecified atom stereocenters. The second-order valence-corrected chi connectivity index (χ2v) is 25.9. The number of hydrogen-bond acceptors (Lipinski definition) is 7. The number of rotatable bonds is 21. The fourth-order valence-electron chi connectivity index (χ4n) is 13.4. The van der Waals surface area contributed by atoms with Crippen molar-refractivity contribution in [3.05, 3.63) is 216 Å². The van der Waals surface area contributed by atoms with E-state index in [0.717, 1.165) is 99.7 Å². The number of unbranched alkanes of at least 4 members (excludes halogenated alkanes) is 4. The molecule has 7 nitrogen and oxygen atoms in total. The lowest BCUT2D eigenvalue weighted by Crippen LogP contribution is -2.25. The first-order valence-electron chi connectivity index (χ1n) is 31.9. The Labute approximate surface area is 514 Å². The molecule has 86 heavy (non-hydrogen) atoms. The summed E-state index contributed by atoms with van der Waals surface area (Å²) in [5, 5.41) is 3.62. The summed E-state index contributed by atoms with van der Waals surface area (Å²) in [5.74, 6) is 2.71. The Bertz CT molecular complexity index is 3690. The van der Waals surface area contributed by atoms with Crippen molar-refractivity contribution >= 4 is 28.6 Å². The molecule has 6 aromatic carbocycles. The van der Waals surface area contributed by atoms with Crippen molar-refractivity contribution in [2.45, 2.75) is 168 Å². The van der Waals surface area contributed by atoms with Crippen molar-refractivity contribution < 1.29 is 9.47 Å². The molecular weight excluding hydrogens is 1050 g/mol. The maximum atomic E-state index is 6.02. The van der Waals surface area contributed by atoms with Gasteiger partial charge in [-0.3, -0.25) is 4.90 Å². The first kappa shape index (κ1) is 61.1. The zero-order valence-corrected chi connectivity index (χ0v) is 53.4. The van der Waals surface area contributed by atoms with E-state index in [2.05, 4.69) is 237 Å². The van der Waals surface area contributed by atoms with Crippen molar-refractivity contribution in [1.82, 2.24) is 15.0 Å². The third-order valence-electron chi connectivity index (χ3n) is 18.0. The van der Waals surface area contributed by atoms with E-state index in [9.17, 15) is 0 Å². The molecule has 1 N–H and O–H groups in total. The minimum Gasteiger partial charge on any atom is -0.496 e. The van der Waals surface area contributed by atoms with Crippen LogP contribution in [0, 0.1) is 0 Å². The highest BCUT2D eigenvalue weighted by molar-refractivity contribution is 5.87. The summed E-state index contributed by atoms with van der Waals surface area (Å²) in [5.41, 5.74) is 20.9. The van der Waals surface area contributed by atoms with Crippen LogP contribution in [0.5, 0.6) is 11.5 Å². The first-order valence-corrected chi connectivity index (χ1v) is 31.9. The molecule has 11 rings (SSSR count). The van der Waals surface area contributed by atoms with Gasteiger partial charge >= 0.3 is 0 Å². The van der Waals surface area contributed by atoms with E-state index in [4.69, 9.17) is 24.4 Å². The summed E-state index contributed by atoms with van der Waals surface area (Å²) in [6.07, 6.45) is 15.9. The predicted molar refractivity (Wildman–Crippen MR) is 363 cm³/mol. The maximum absolute atomic E-state index is 6.02. The van der Waals surface area contributed by atoms with Crippen molar-refractivity contribution in [2.75, 3.05) is 24.4 Å². The van der Waals surface area contributed by atoms with Gasteiger partial charge < -0.3 is 14.8 Å². The van der Waals surface area contributed by atoms with Crippen molar-refractivity contribution in [3.8, 4) is 56.5 Å². The summed E-state index contributed by atoms with van der Waals surface area (Å²) >= 11 is 0. The Morgan fingerprint density at radius 3 is 1.35 bits per heavy atom. The molecule has 0 atom stereocenters. The predicted octanol–water partition coefficient (Wildman–Crippen LogP) is 22.0. The summed E-state index contributed by atoms with van der Waals surface area (Å²) in [6.45, 7) is 22.8. The smallest absolute Gasteiger partial charge is 0.137 e. The number of hydrogen-bond donors (Lipinski definition) is 1. The van der Waals surface area contributed by atoms with Gasteiger partial charge in [-0.25, -0.2) is 15.0 Å². The second-order valence-electron chi connectivity index (χ2n) is 25.9. The van der Waals surface area contributed by atoms with E-state index in [1.165, 1.54) is 95.9 Å². The molecule has 0 saturated heterocycles. The van der Waals surface area contributed by atoms with Gasteiger partial charge in [-0.05, 0) is 167 Å². The van der Waals surface area contributed by atoms with Crippen LogP contribution in [0.3, 0.4) is 0 Å². The van der Waals surface area contributed by atoms with Gasteiger partial charge in [-0.1, -0.05) is 199 Å². The number of methoxy groups -OCH3 is 2. The molecular formula is C79H91N5O2. The van der Waals surface area contributed by atoms with Crippen molar-refractivity contribution in [3.63, 3.8) is 0 Å². The number of ether oxygens (including phenoxy) is 2. The SMILES string of the molecule is CCCCC1(CCCC)c2ccc(-c3cc(N(c4ccccc4)c4ccccn4)cc(C(C)(C)C)c3)nc2-c2c(OC)cccc21.CCCCC1(CCCC)c2ccc(-c3cc(Nc4ccccc4)cc(C(C)(C)C)c3)nc2-c2c(OC)cccc21. The van der Waals surface area contributed by atoms with Gasteiger partial charge in [-0.2, -0.15) is 0 Å². The molecule has 2 aliphatic carbocycles. The minimum atomic E-state index is -0.0702. The Morgan fingerprint density at radius 1 is 0.430 bits per heavy atom. The van der Waals surface area contributed by atoms with Crippen LogP contribution in [0.15, 0.2) is 182 Å². The van der Waals surface area contributed by atoms with Gasteiger partial charge in [0.15, 0.2) is 0 Å². The molecule has 444 valence electrons. The highest BCUT2D eigenvalue weighted by atomic mass is 16.5. The number of pyridine rings is 3. The Balaban J connectivity index is 0.000000193. The molecule has 3 aromatic heterocycles. The van der Waals surface area contributed by atoms with Gasteiger partial charge in [0.05, 0.1) is 37.0 Å². The highest BCUT2D eigenvalue weighted by Crippen LogP contribution is 2.58. The number of nitrogens with one attached hydrogen (secondary N) is 1. The molecule has 0 radical (unpaired) electrons. The average molecular weight is 1140 g/mol. The molecule has 0 amide bonds. The fraction of sp³-hybridized carbons (Fsp3) is 0.354. The zero-order chi connectivity index (χ0) is 60.6. The quantitative estimate of drug-likeness (QED) is 0.0768. The summed E-state index contributed by atoms with van der Waals surface area (Å²) in [6, 6.07) is 63.0. The standard InChI is InChI=1S/C42H47N3O.C37H44N2O/c1-7-9-24-42(25-10-8-2)34-19-16-20-37(46-6)39(34)40-35(42)22-23-36(44-40)30-27-31(41(3,4)5)29-33(28-30)45(32-17-12-11-13-18-32)38-21-14-15-26-43-38;1-7-9-21-37(22-10-8-2)30-17-14-18-33(40-6)34(30)35-31(37)19-20-32(39-35)26-23-27(36(3,4)5)25-29(24-26)38-28-15-12-11-13-16-28/h11-23,26-29H,7-10,24-25H2,1-6H3;11-20,23-25,38H,7-10,21-22H2,1-6H3. The topological polar surface area (TPSA) is 72.4 Å². The minimum absolute atomic E-state index is 0.00509. The Hall–Kier alpha value is -8.03. The fourth-order valence-corrected chi connectivity index (χ4v) is 13.4. The zero-order valence-electron chi connectivity index (χ0n) is 53.4. The molecule has 3 heterocycles. The van der Waals surface area contributed by atoms with Crippen molar-refractivity contribution in [2.24, 2.45) is 0 Å². The number of benzene rings is 6. The molecule has 9 aromatic rings. The normalized spacial score (nSPS) is 13.4. The third kappa shape index (κ3) is 12.3. The van der Waals surface area contributed by atoms with E-state index in [0.29, 0.717) is 0 Å². The lowest BCUT2D eigenvalue weighted by molar-refractivity contribution is 0.405. The van der Waals surface area contributed by atoms with Crippen LogP contribution in [-0.4, -0.2) is 29.2 Å². The number of fused-ring (bicyclic) bond motifs is 6. The molecule has 2 aliphatic rings. The number of para-hydroxylation sites is 2. The van der Waals surface area contributed by atoms with Crippen LogP contribution in [0.25, 0.3) is 45.0 Å². The Kier molecular flexibility index (Phi) is 18.7. The van der Waals surface area contributed by atoms with E-state index >= 15 is 0 Å². The molecule has 0 bridgehead atoms. The monoisotopic (exact) mass is 1140 g/mol. The number of nitrogens with zero attached hydrogens (tertiary/aromatic N) is 4. The first-order chi connectivity index (χ1) is 41.6. The van der Waals surface area contributed by atoms with Crippen LogP contribution in [-0.2, 0) is 21.7 Å². The van der Waals surface area contributed by atoms with Crippen LogP contribution >= 0.6 is 0 Å². The second kappa shape index (κ2) is 26.3. The van der Waals surface area contributed by atoms with E-state index < -0.39 is 0 Å². The van der Waals surface area contributed by atoms with Gasteiger partial charge in [0, 0.05) is 62.0 Å². The molecule has 0 spiro atoms. The third-order valence-corrected chi connectivity index (χ3v) is 18.0. The van der Waals surface area contributed by atoms with E-state index in [1.807, 2.05) is 24.4 Å². The molecule has 0 aliphatic heterocycles. The summed E-state index contributed by atoms with van der Waals surface area (Å²) in [7, 11) is 3.57. The number of anilines is 5. The van der Waals surface area contributed by atoms with Crippen molar-refractivity contribution in [1.29, 1.82) is 0 Å². The summed E-state index contributed by atoms with van der Waals surface area (Å²) < 4.78 is 12.0. The van der Waals surface area contributed by atoms with E-state index in [-0.39, 0.29) is 21.7 Å². The summed E-state index contributed by atoms with van der Waals surface area (Å²) in [4.78, 5) is 18.0. The van der Waals surface area contributed by atoms with Gasteiger partial charge in [-0.15, -0.1) is 0 Å². The van der Waals surface area contributed by atoms with Crippen LogP contribution in [0.4, 0.5) is 28.6 Å². The van der Waals surface area contributed by atoms with Gasteiger partial charge in [0.1, 0.15) is 17.3 Å². The lowest BCUT2D eigenvalue weighted by Gasteiger charge is -2.32. The van der Waals surface area contributed by atoms with Gasteiger partial charge in [0.25, 0.3) is 0 Å². The van der Waals surface area contributed by atoms with E-state index in [1.54, 1.807) is 14.2 Å². The Morgan fingerprint density at radius 2 is 0.895 bits per heavy atom. The molecule has 0 fully saturated rings.